The molecule has 1 heterocycles. The predicted octanol–water partition coefficient (Wildman–Crippen LogP) is 1.32. The van der Waals surface area contributed by atoms with Crippen LogP contribution in [0, 0.1) is 13.8 Å². The molecule has 0 amide bonds. The van der Waals surface area contributed by atoms with Crippen molar-refractivity contribution in [2.45, 2.75) is 19.9 Å². The highest BCUT2D eigenvalue weighted by Crippen LogP contribution is 2.29. The SMILES string of the molecule is Cc1cc2c(cc1C)C(CO)NCCO2. The van der Waals surface area contributed by atoms with Crippen LogP contribution in [-0.2, 0) is 0 Å². The van der Waals surface area contributed by atoms with E-state index >= 15 is 0 Å². The fourth-order valence-electron chi connectivity index (χ4n) is 1.88. The Morgan fingerprint density at radius 1 is 1.40 bits per heavy atom. The van der Waals surface area contributed by atoms with E-state index < -0.39 is 0 Å². The van der Waals surface area contributed by atoms with Gasteiger partial charge in [0.25, 0.3) is 0 Å². The average Bonchev–Trinajstić information content (AvgIpc) is 2.41. The van der Waals surface area contributed by atoms with Gasteiger partial charge in [0, 0.05) is 12.1 Å². The first-order valence-electron chi connectivity index (χ1n) is 5.30. The fraction of sp³-hybridized carbons (Fsp3) is 0.500. The van der Waals surface area contributed by atoms with Crippen molar-refractivity contribution in [3.05, 3.63) is 28.8 Å². The molecule has 0 aliphatic carbocycles. The van der Waals surface area contributed by atoms with Crippen LogP contribution in [0.3, 0.4) is 0 Å². The van der Waals surface area contributed by atoms with Crippen molar-refractivity contribution in [1.29, 1.82) is 0 Å². The highest BCUT2D eigenvalue weighted by molar-refractivity contribution is 5.44. The molecule has 1 aromatic carbocycles. The van der Waals surface area contributed by atoms with Gasteiger partial charge < -0.3 is 15.2 Å². The van der Waals surface area contributed by atoms with E-state index in [1.807, 2.05) is 0 Å². The summed E-state index contributed by atoms with van der Waals surface area (Å²) in [7, 11) is 0. The van der Waals surface area contributed by atoms with Crippen molar-refractivity contribution in [2.75, 3.05) is 19.8 Å². The molecule has 1 aliphatic heterocycles. The lowest BCUT2D eigenvalue weighted by molar-refractivity contribution is 0.245. The summed E-state index contributed by atoms with van der Waals surface area (Å²) in [4.78, 5) is 0. The normalized spacial score (nSPS) is 20.3. The second kappa shape index (κ2) is 4.21. The van der Waals surface area contributed by atoms with Crippen molar-refractivity contribution >= 4 is 0 Å². The summed E-state index contributed by atoms with van der Waals surface area (Å²) >= 11 is 0. The number of hydrogen-bond donors (Lipinski definition) is 2. The molecule has 2 N–H and O–H groups in total. The van der Waals surface area contributed by atoms with Crippen LogP contribution in [0.15, 0.2) is 12.1 Å². The first-order chi connectivity index (χ1) is 7.22. The number of aryl methyl sites for hydroxylation is 2. The highest BCUT2D eigenvalue weighted by atomic mass is 16.5. The zero-order chi connectivity index (χ0) is 10.8. The Morgan fingerprint density at radius 3 is 2.87 bits per heavy atom. The van der Waals surface area contributed by atoms with E-state index in [2.05, 4.69) is 31.3 Å². The molecule has 0 bridgehead atoms. The topological polar surface area (TPSA) is 41.5 Å². The van der Waals surface area contributed by atoms with Gasteiger partial charge in [0.05, 0.1) is 12.6 Å². The Bertz CT molecular complexity index is 363. The first-order valence-corrected chi connectivity index (χ1v) is 5.30. The fourth-order valence-corrected chi connectivity index (χ4v) is 1.88. The molecule has 82 valence electrons. The van der Waals surface area contributed by atoms with Crippen LogP contribution in [0.1, 0.15) is 22.7 Å². The zero-order valence-corrected chi connectivity index (χ0v) is 9.21. The van der Waals surface area contributed by atoms with Crippen molar-refractivity contribution in [1.82, 2.24) is 5.32 Å². The quantitative estimate of drug-likeness (QED) is 0.729. The van der Waals surface area contributed by atoms with Gasteiger partial charge in [-0.15, -0.1) is 0 Å². The Kier molecular flexibility index (Phi) is 2.93. The van der Waals surface area contributed by atoms with E-state index in [-0.39, 0.29) is 12.6 Å². The van der Waals surface area contributed by atoms with Crippen LogP contribution in [0.2, 0.25) is 0 Å². The molecule has 1 atom stereocenters. The minimum atomic E-state index is 0.00167. The van der Waals surface area contributed by atoms with Gasteiger partial charge >= 0.3 is 0 Å². The van der Waals surface area contributed by atoms with Crippen molar-refractivity contribution in [3.63, 3.8) is 0 Å². The number of aliphatic hydroxyl groups is 1. The Labute approximate surface area is 90.1 Å². The lowest BCUT2D eigenvalue weighted by Gasteiger charge is -2.16. The number of nitrogens with one attached hydrogen (secondary N) is 1. The van der Waals surface area contributed by atoms with Crippen LogP contribution in [0.5, 0.6) is 5.75 Å². The molecule has 0 fully saturated rings. The minimum Gasteiger partial charge on any atom is -0.492 e. The standard InChI is InChI=1S/C12H17NO2/c1-8-5-10-11(7-14)13-3-4-15-12(10)6-9(8)2/h5-6,11,13-14H,3-4,7H2,1-2H3. The van der Waals surface area contributed by atoms with Gasteiger partial charge in [0.15, 0.2) is 0 Å². The maximum Gasteiger partial charge on any atom is 0.124 e. The van der Waals surface area contributed by atoms with E-state index in [0.717, 1.165) is 17.9 Å². The molecule has 0 aromatic heterocycles. The van der Waals surface area contributed by atoms with Crippen LogP contribution in [0.4, 0.5) is 0 Å². The maximum absolute atomic E-state index is 9.30. The summed E-state index contributed by atoms with van der Waals surface area (Å²) in [6, 6.07) is 4.16. The molecule has 1 unspecified atom stereocenters. The number of ether oxygens (including phenoxy) is 1. The van der Waals surface area contributed by atoms with Crippen LogP contribution < -0.4 is 10.1 Å². The van der Waals surface area contributed by atoms with Gasteiger partial charge in [-0.2, -0.15) is 0 Å². The Balaban J connectivity index is 2.46. The van der Waals surface area contributed by atoms with Gasteiger partial charge in [-0.1, -0.05) is 6.07 Å². The summed E-state index contributed by atoms with van der Waals surface area (Å²) < 4.78 is 5.64. The molecule has 0 saturated carbocycles. The zero-order valence-electron chi connectivity index (χ0n) is 9.21. The maximum atomic E-state index is 9.30. The predicted molar refractivity (Wildman–Crippen MR) is 59.2 cm³/mol. The number of fused-ring (bicyclic) bond motifs is 1. The van der Waals surface area contributed by atoms with E-state index in [4.69, 9.17) is 4.74 Å². The number of aliphatic hydroxyl groups excluding tert-OH is 1. The van der Waals surface area contributed by atoms with E-state index in [9.17, 15) is 5.11 Å². The van der Waals surface area contributed by atoms with Crippen LogP contribution in [-0.4, -0.2) is 24.9 Å². The smallest absolute Gasteiger partial charge is 0.124 e. The largest absolute Gasteiger partial charge is 0.492 e. The Morgan fingerprint density at radius 2 is 2.13 bits per heavy atom. The average molecular weight is 207 g/mol. The second-order valence-corrected chi connectivity index (χ2v) is 4.01. The Hall–Kier alpha value is -1.06. The second-order valence-electron chi connectivity index (χ2n) is 4.01. The molecule has 0 spiro atoms. The molecular formula is C12H17NO2. The van der Waals surface area contributed by atoms with E-state index in [0.29, 0.717) is 6.61 Å². The minimum absolute atomic E-state index is 0.00167. The third kappa shape index (κ3) is 1.98. The molecule has 2 rings (SSSR count). The number of rotatable bonds is 1. The molecule has 0 saturated heterocycles. The highest BCUT2D eigenvalue weighted by Gasteiger charge is 2.19. The van der Waals surface area contributed by atoms with Crippen molar-refractivity contribution < 1.29 is 9.84 Å². The van der Waals surface area contributed by atoms with E-state index in [1.54, 1.807) is 0 Å². The summed E-state index contributed by atoms with van der Waals surface area (Å²) in [6.45, 7) is 5.70. The molecule has 3 nitrogen and oxygen atoms in total. The molecule has 1 aromatic rings. The molecule has 3 heteroatoms. The van der Waals surface area contributed by atoms with Crippen LogP contribution >= 0.6 is 0 Å². The van der Waals surface area contributed by atoms with Gasteiger partial charge in [-0.05, 0) is 31.0 Å². The summed E-state index contributed by atoms with van der Waals surface area (Å²) in [5, 5.41) is 12.6. The number of hydrogen-bond acceptors (Lipinski definition) is 3. The molecule has 15 heavy (non-hydrogen) atoms. The van der Waals surface area contributed by atoms with Gasteiger partial charge in [0.1, 0.15) is 12.4 Å². The molecule has 0 radical (unpaired) electrons. The van der Waals surface area contributed by atoms with Crippen molar-refractivity contribution in [3.8, 4) is 5.75 Å². The van der Waals surface area contributed by atoms with E-state index in [1.165, 1.54) is 11.1 Å². The third-order valence-electron chi connectivity index (χ3n) is 2.93. The lowest BCUT2D eigenvalue weighted by Crippen LogP contribution is -2.25. The van der Waals surface area contributed by atoms with Crippen molar-refractivity contribution in [2.24, 2.45) is 0 Å². The summed E-state index contributed by atoms with van der Waals surface area (Å²) in [6.07, 6.45) is 0. The van der Waals surface area contributed by atoms with Crippen LogP contribution in [0.25, 0.3) is 0 Å². The number of benzene rings is 1. The lowest BCUT2D eigenvalue weighted by atomic mass is 10.0. The third-order valence-corrected chi connectivity index (χ3v) is 2.93. The molecular weight excluding hydrogens is 190 g/mol. The summed E-state index contributed by atoms with van der Waals surface area (Å²) in [5.74, 6) is 0.905. The first kappa shape index (κ1) is 10.5. The van der Waals surface area contributed by atoms with Gasteiger partial charge in [-0.3, -0.25) is 0 Å². The summed E-state index contributed by atoms with van der Waals surface area (Å²) in [5.41, 5.74) is 3.53. The van der Waals surface area contributed by atoms with Gasteiger partial charge in [-0.25, -0.2) is 0 Å². The van der Waals surface area contributed by atoms with Gasteiger partial charge in [0.2, 0.25) is 0 Å². The molecule has 1 aliphatic rings. The monoisotopic (exact) mass is 207 g/mol.